The summed E-state index contributed by atoms with van der Waals surface area (Å²) in [6.07, 6.45) is 1.55. The van der Waals surface area contributed by atoms with Crippen molar-refractivity contribution < 1.29 is 9.53 Å². The molecule has 0 bridgehead atoms. The molecule has 0 saturated carbocycles. The summed E-state index contributed by atoms with van der Waals surface area (Å²) >= 11 is 1.22. The monoisotopic (exact) mass is 381 g/mol. The predicted octanol–water partition coefficient (Wildman–Crippen LogP) is 4.76. The van der Waals surface area contributed by atoms with Gasteiger partial charge >= 0.3 is 0 Å². The molecule has 3 aromatic rings. The fourth-order valence-corrected chi connectivity index (χ4v) is 3.05. The van der Waals surface area contributed by atoms with Crippen molar-refractivity contribution >= 4 is 17.4 Å². The smallest absolute Gasteiger partial charge is 0.298 e. The van der Waals surface area contributed by atoms with Crippen LogP contribution in [0.15, 0.2) is 48.5 Å². The second kappa shape index (κ2) is 8.77. The maximum absolute atomic E-state index is 12.3. The summed E-state index contributed by atoms with van der Waals surface area (Å²) in [6, 6.07) is 15.7. The van der Waals surface area contributed by atoms with Crippen molar-refractivity contribution in [3.63, 3.8) is 0 Å². The molecule has 0 fully saturated rings. The number of ether oxygens (including phenoxy) is 1. The molecule has 0 aliphatic heterocycles. The molecule has 1 amide bonds. The Labute approximate surface area is 163 Å². The van der Waals surface area contributed by atoms with Gasteiger partial charge in [0.15, 0.2) is 5.82 Å². The summed E-state index contributed by atoms with van der Waals surface area (Å²) in [5.74, 6) is 1.25. The van der Waals surface area contributed by atoms with E-state index in [9.17, 15) is 4.79 Å². The van der Waals surface area contributed by atoms with Crippen LogP contribution in [0.25, 0.3) is 0 Å². The van der Waals surface area contributed by atoms with Crippen LogP contribution < -0.4 is 10.1 Å². The van der Waals surface area contributed by atoms with Crippen molar-refractivity contribution in [1.82, 2.24) is 14.7 Å². The average Bonchev–Trinajstić information content (AvgIpc) is 3.11. The number of aryl methyl sites for hydroxylation is 1. The molecule has 0 radical (unpaired) electrons. The predicted molar refractivity (Wildman–Crippen MR) is 108 cm³/mol. The lowest BCUT2D eigenvalue weighted by atomic mass is 10.1. The van der Waals surface area contributed by atoms with E-state index < -0.39 is 0 Å². The van der Waals surface area contributed by atoms with Crippen LogP contribution in [0.2, 0.25) is 0 Å². The van der Waals surface area contributed by atoms with E-state index in [-0.39, 0.29) is 11.9 Å². The highest BCUT2D eigenvalue weighted by atomic mass is 32.1. The third-order valence-electron chi connectivity index (χ3n) is 4.29. The first kappa shape index (κ1) is 19.0. The van der Waals surface area contributed by atoms with Crippen LogP contribution >= 0.6 is 11.5 Å². The molecule has 27 heavy (non-hydrogen) atoms. The molecule has 0 aliphatic carbocycles. The number of nitrogens with zero attached hydrogens (tertiary/aromatic N) is 2. The normalized spacial score (nSPS) is 11.8. The highest BCUT2D eigenvalue weighted by Gasteiger charge is 2.13. The second-order valence-electron chi connectivity index (χ2n) is 6.50. The topological polar surface area (TPSA) is 64.1 Å². The second-order valence-corrected chi connectivity index (χ2v) is 7.22. The molecule has 140 valence electrons. The lowest BCUT2D eigenvalue weighted by Gasteiger charge is -2.12. The highest BCUT2D eigenvalue weighted by Crippen LogP contribution is 2.28. The first-order valence-corrected chi connectivity index (χ1v) is 9.78. The van der Waals surface area contributed by atoms with E-state index in [0.717, 1.165) is 23.4 Å². The largest absolute Gasteiger partial charge is 0.430 e. The van der Waals surface area contributed by atoms with Crippen LogP contribution in [-0.2, 0) is 6.42 Å². The Morgan fingerprint density at radius 1 is 1.22 bits per heavy atom. The standard InChI is InChI=1S/C21H23N3O2S/c1-4-15(3)22-20(25)17-11-10-14(2)18(13-17)26-21-23-19(24-27-21)12-16-8-6-5-7-9-16/h5-11,13,15H,4,12H2,1-3H3,(H,22,25). The number of hydrogen-bond donors (Lipinski definition) is 1. The quantitative estimate of drug-likeness (QED) is 0.641. The summed E-state index contributed by atoms with van der Waals surface area (Å²) in [6.45, 7) is 5.97. The number of hydrogen-bond acceptors (Lipinski definition) is 5. The van der Waals surface area contributed by atoms with Crippen LogP contribution in [0.5, 0.6) is 10.9 Å². The number of carbonyl (C=O) groups is 1. The van der Waals surface area contributed by atoms with Gasteiger partial charge in [-0.3, -0.25) is 4.79 Å². The molecule has 0 saturated heterocycles. The van der Waals surface area contributed by atoms with Gasteiger partial charge in [-0.1, -0.05) is 43.3 Å². The van der Waals surface area contributed by atoms with Crippen LogP contribution in [-0.4, -0.2) is 21.3 Å². The molecule has 3 rings (SSSR count). The van der Waals surface area contributed by atoms with Gasteiger partial charge in [-0.25, -0.2) is 0 Å². The first-order chi connectivity index (χ1) is 13.0. The molecule has 1 heterocycles. The Bertz CT molecular complexity index is 909. The summed E-state index contributed by atoms with van der Waals surface area (Å²) in [4.78, 5) is 16.8. The molecule has 0 aliphatic rings. The van der Waals surface area contributed by atoms with Crippen molar-refractivity contribution in [2.24, 2.45) is 0 Å². The SMILES string of the molecule is CCC(C)NC(=O)c1ccc(C)c(Oc2nc(Cc3ccccc3)ns2)c1. The van der Waals surface area contributed by atoms with Gasteiger partial charge in [-0.2, -0.15) is 9.36 Å². The Morgan fingerprint density at radius 2 is 2.00 bits per heavy atom. The molecular formula is C21H23N3O2S. The lowest BCUT2D eigenvalue weighted by Crippen LogP contribution is -2.31. The van der Waals surface area contributed by atoms with E-state index in [4.69, 9.17) is 4.74 Å². The average molecular weight is 382 g/mol. The van der Waals surface area contributed by atoms with E-state index in [1.54, 1.807) is 12.1 Å². The van der Waals surface area contributed by atoms with Crippen molar-refractivity contribution in [1.29, 1.82) is 0 Å². The zero-order valence-corrected chi connectivity index (χ0v) is 16.5. The van der Waals surface area contributed by atoms with Gasteiger partial charge in [-0.05, 0) is 43.5 Å². The molecule has 2 aromatic carbocycles. The van der Waals surface area contributed by atoms with Gasteiger partial charge in [0.25, 0.3) is 11.1 Å². The van der Waals surface area contributed by atoms with Crippen molar-refractivity contribution in [3.05, 3.63) is 71.0 Å². The van der Waals surface area contributed by atoms with E-state index in [0.29, 0.717) is 22.9 Å². The van der Waals surface area contributed by atoms with E-state index in [1.807, 2.05) is 57.2 Å². The van der Waals surface area contributed by atoms with E-state index in [1.165, 1.54) is 11.5 Å². The van der Waals surface area contributed by atoms with Gasteiger partial charge in [0.2, 0.25) is 0 Å². The van der Waals surface area contributed by atoms with E-state index >= 15 is 0 Å². The molecule has 1 N–H and O–H groups in total. The number of amides is 1. The maximum Gasteiger partial charge on any atom is 0.298 e. The lowest BCUT2D eigenvalue weighted by molar-refractivity contribution is 0.0939. The fourth-order valence-electron chi connectivity index (χ4n) is 2.48. The summed E-state index contributed by atoms with van der Waals surface area (Å²) in [5.41, 5.74) is 2.67. The summed E-state index contributed by atoms with van der Waals surface area (Å²) < 4.78 is 10.3. The Balaban J connectivity index is 1.72. The third-order valence-corrected chi connectivity index (χ3v) is 4.92. The van der Waals surface area contributed by atoms with Gasteiger partial charge in [0, 0.05) is 29.6 Å². The minimum Gasteiger partial charge on any atom is -0.430 e. The molecule has 0 spiro atoms. The Kier molecular flexibility index (Phi) is 6.19. The number of benzene rings is 2. The molecule has 6 heteroatoms. The van der Waals surface area contributed by atoms with Crippen molar-refractivity contribution in [2.45, 2.75) is 39.7 Å². The van der Waals surface area contributed by atoms with Crippen molar-refractivity contribution in [2.75, 3.05) is 0 Å². The van der Waals surface area contributed by atoms with Crippen molar-refractivity contribution in [3.8, 4) is 10.9 Å². The molecule has 1 aromatic heterocycles. The van der Waals surface area contributed by atoms with Crippen LogP contribution in [0, 0.1) is 6.92 Å². The summed E-state index contributed by atoms with van der Waals surface area (Å²) in [7, 11) is 0. The molecule has 5 nitrogen and oxygen atoms in total. The zero-order valence-electron chi connectivity index (χ0n) is 15.7. The molecule has 1 atom stereocenters. The highest BCUT2D eigenvalue weighted by molar-refractivity contribution is 7.07. The van der Waals surface area contributed by atoms with E-state index in [2.05, 4.69) is 14.7 Å². The fraction of sp³-hybridized carbons (Fsp3) is 0.286. The maximum atomic E-state index is 12.3. The minimum atomic E-state index is -0.101. The number of carbonyl (C=O) groups excluding carboxylic acids is 1. The van der Waals surface area contributed by atoms with Crippen LogP contribution in [0.3, 0.4) is 0 Å². The Hall–Kier alpha value is -2.73. The number of aromatic nitrogens is 2. The van der Waals surface area contributed by atoms with Crippen LogP contribution in [0.4, 0.5) is 0 Å². The number of nitrogens with one attached hydrogen (secondary N) is 1. The summed E-state index contributed by atoms with van der Waals surface area (Å²) in [5, 5.41) is 3.44. The third kappa shape index (κ3) is 5.14. The first-order valence-electron chi connectivity index (χ1n) is 9.01. The zero-order chi connectivity index (χ0) is 19.2. The Morgan fingerprint density at radius 3 is 2.74 bits per heavy atom. The molecular weight excluding hydrogens is 358 g/mol. The van der Waals surface area contributed by atoms with Gasteiger partial charge in [0.05, 0.1) is 0 Å². The van der Waals surface area contributed by atoms with Gasteiger partial charge in [-0.15, -0.1) is 0 Å². The molecule has 1 unspecified atom stereocenters. The van der Waals surface area contributed by atoms with Gasteiger partial charge < -0.3 is 10.1 Å². The van der Waals surface area contributed by atoms with Crippen LogP contribution in [0.1, 0.15) is 47.6 Å². The number of rotatable bonds is 7. The minimum absolute atomic E-state index is 0.101. The van der Waals surface area contributed by atoms with Gasteiger partial charge in [0.1, 0.15) is 5.75 Å².